The SMILES string of the molecule is CNCc1nc(C(=O)N2CCN(CCN3CCCC3)CC2)co1. The highest BCUT2D eigenvalue weighted by molar-refractivity contribution is 5.92. The molecule has 3 rings (SSSR count). The van der Waals surface area contributed by atoms with Crippen molar-refractivity contribution in [1.29, 1.82) is 0 Å². The maximum atomic E-state index is 12.4. The van der Waals surface area contributed by atoms with Crippen LogP contribution >= 0.6 is 0 Å². The molecule has 2 aliphatic rings. The molecule has 1 aromatic heterocycles. The van der Waals surface area contributed by atoms with Gasteiger partial charge in [0.25, 0.3) is 5.91 Å². The van der Waals surface area contributed by atoms with Crippen molar-refractivity contribution in [3.05, 3.63) is 17.8 Å². The second kappa shape index (κ2) is 7.90. The summed E-state index contributed by atoms with van der Waals surface area (Å²) in [5.41, 5.74) is 0.417. The Morgan fingerprint density at radius 1 is 1.13 bits per heavy atom. The van der Waals surface area contributed by atoms with Gasteiger partial charge in [-0.3, -0.25) is 9.69 Å². The molecule has 0 unspecified atom stereocenters. The molecular weight excluding hydrogens is 294 g/mol. The Labute approximate surface area is 137 Å². The maximum absolute atomic E-state index is 12.4. The number of oxazole rings is 1. The molecule has 0 bridgehead atoms. The summed E-state index contributed by atoms with van der Waals surface area (Å²) in [6, 6.07) is 0. The van der Waals surface area contributed by atoms with Gasteiger partial charge in [0.1, 0.15) is 6.26 Å². The van der Waals surface area contributed by atoms with Crippen LogP contribution in [0.4, 0.5) is 0 Å². The van der Waals surface area contributed by atoms with Crippen LogP contribution in [0.15, 0.2) is 10.7 Å². The molecule has 0 spiro atoms. The molecule has 7 nitrogen and oxygen atoms in total. The number of nitrogens with zero attached hydrogens (tertiary/aromatic N) is 4. The zero-order valence-electron chi connectivity index (χ0n) is 14.0. The van der Waals surface area contributed by atoms with Gasteiger partial charge in [-0.25, -0.2) is 4.98 Å². The second-order valence-corrected chi connectivity index (χ2v) is 6.34. The summed E-state index contributed by atoms with van der Waals surface area (Å²) in [6.45, 7) is 8.74. The second-order valence-electron chi connectivity index (χ2n) is 6.34. The summed E-state index contributed by atoms with van der Waals surface area (Å²) in [7, 11) is 1.83. The monoisotopic (exact) mass is 321 g/mol. The summed E-state index contributed by atoms with van der Waals surface area (Å²) < 4.78 is 5.30. The lowest BCUT2D eigenvalue weighted by Crippen LogP contribution is -2.50. The van der Waals surface area contributed by atoms with Crippen LogP contribution in [0.3, 0.4) is 0 Å². The molecular formula is C16H27N5O2. The standard InChI is InChI=1S/C16H27N5O2/c1-17-12-15-18-14(13-23-15)16(22)21-10-8-20(9-11-21)7-6-19-4-2-3-5-19/h13,17H,2-12H2,1H3. The first-order valence-corrected chi connectivity index (χ1v) is 8.59. The zero-order valence-corrected chi connectivity index (χ0v) is 14.0. The molecule has 0 aromatic carbocycles. The molecule has 0 atom stereocenters. The third kappa shape index (κ3) is 4.31. The van der Waals surface area contributed by atoms with Gasteiger partial charge in [-0.15, -0.1) is 0 Å². The predicted molar refractivity (Wildman–Crippen MR) is 87.3 cm³/mol. The molecule has 2 saturated heterocycles. The minimum atomic E-state index is -0.0182. The Hall–Kier alpha value is -1.44. The number of likely N-dealkylation sites (tertiary alicyclic amines) is 1. The van der Waals surface area contributed by atoms with Crippen LogP contribution in [0.25, 0.3) is 0 Å². The number of hydrogen-bond acceptors (Lipinski definition) is 6. The van der Waals surface area contributed by atoms with E-state index in [0.717, 1.165) is 39.3 Å². The van der Waals surface area contributed by atoms with E-state index in [1.165, 1.54) is 32.2 Å². The van der Waals surface area contributed by atoms with Crippen molar-refractivity contribution >= 4 is 5.91 Å². The van der Waals surface area contributed by atoms with Gasteiger partial charge >= 0.3 is 0 Å². The van der Waals surface area contributed by atoms with Gasteiger partial charge in [0, 0.05) is 39.3 Å². The topological polar surface area (TPSA) is 64.9 Å². The third-order valence-electron chi connectivity index (χ3n) is 4.69. The van der Waals surface area contributed by atoms with Crippen molar-refractivity contribution in [2.24, 2.45) is 0 Å². The maximum Gasteiger partial charge on any atom is 0.275 e. The van der Waals surface area contributed by atoms with Crippen molar-refractivity contribution in [2.75, 3.05) is 59.4 Å². The molecule has 2 aliphatic heterocycles. The first kappa shape index (κ1) is 16.4. The number of nitrogens with one attached hydrogen (secondary N) is 1. The molecule has 0 aliphatic carbocycles. The summed E-state index contributed by atoms with van der Waals surface area (Å²) >= 11 is 0. The van der Waals surface area contributed by atoms with Crippen LogP contribution in [0.1, 0.15) is 29.2 Å². The summed E-state index contributed by atoms with van der Waals surface area (Å²) in [4.78, 5) is 23.6. The Bertz CT molecular complexity index is 504. The molecule has 3 heterocycles. The van der Waals surface area contributed by atoms with Gasteiger partial charge in [-0.1, -0.05) is 0 Å². The van der Waals surface area contributed by atoms with E-state index in [1.54, 1.807) is 0 Å². The van der Waals surface area contributed by atoms with E-state index in [0.29, 0.717) is 18.1 Å². The van der Waals surface area contributed by atoms with Crippen molar-refractivity contribution in [3.63, 3.8) is 0 Å². The third-order valence-corrected chi connectivity index (χ3v) is 4.69. The smallest absolute Gasteiger partial charge is 0.275 e. The lowest BCUT2D eigenvalue weighted by molar-refractivity contribution is 0.0621. The van der Waals surface area contributed by atoms with Gasteiger partial charge in [0.2, 0.25) is 5.89 Å². The number of amides is 1. The van der Waals surface area contributed by atoms with Crippen LogP contribution < -0.4 is 5.32 Å². The van der Waals surface area contributed by atoms with Gasteiger partial charge in [0.05, 0.1) is 6.54 Å². The lowest BCUT2D eigenvalue weighted by atomic mass is 10.3. The fourth-order valence-electron chi connectivity index (χ4n) is 3.27. The van der Waals surface area contributed by atoms with Crippen LogP contribution in [0, 0.1) is 0 Å². The molecule has 0 radical (unpaired) electrons. The zero-order chi connectivity index (χ0) is 16.1. The van der Waals surface area contributed by atoms with E-state index < -0.39 is 0 Å². The van der Waals surface area contributed by atoms with E-state index in [2.05, 4.69) is 20.1 Å². The molecule has 1 amide bonds. The minimum absolute atomic E-state index is 0.0182. The normalized spacial score (nSPS) is 20.3. The molecule has 1 aromatic rings. The fourth-order valence-corrected chi connectivity index (χ4v) is 3.27. The number of hydrogen-bond donors (Lipinski definition) is 1. The van der Waals surface area contributed by atoms with Gasteiger partial charge < -0.3 is 19.5 Å². The van der Waals surface area contributed by atoms with Gasteiger partial charge in [-0.2, -0.15) is 0 Å². The number of piperazine rings is 1. The Morgan fingerprint density at radius 2 is 1.78 bits per heavy atom. The summed E-state index contributed by atoms with van der Waals surface area (Å²) in [6.07, 6.45) is 4.15. The fraction of sp³-hybridized carbons (Fsp3) is 0.750. The highest BCUT2D eigenvalue weighted by Crippen LogP contribution is 2.11. The lowest BCUT2D eigenvalue weighted by Gasteiger charge is -2.35. The number of rotatable bonds is 6. The highest BCUT2D eigenvalue weighted by atomic mass is 16.3. The van der Waals surface area contributed by atoms with Crippen LogP contribution in [-0.2, 0) is 6.54 Å². The van der Waals surface area contributed by atoms with Crippen LogP contribution in [-0.4, -0.2) is 85.0 Å². The Kier molecular flexibility index (Phi) is 5.64. The summed E-state index contributed by atoms with van der Waals surface area (Å²) in [5, 5.41) is 2.97. The highest BCUT2D eigenvalue weighted by Gasteiger charge is 2.24. The minimum Gasteiger partial charge on any atom is -0.447 e. The number of aromatic nitrogens is 1. The van der Waals surface area contributed by atoms with E-state index in [1.807, 2.05) is 11.9 Å². The van der Waals surface area contributed by atoms with Crippen LogP contribution in [0.2, 0.25) is 0 Å². The molecule has 23 heavy (non-hydrogen) atoms. The molecule has 1 N–H and O–H groups in total. The Balaban J connectivity index is 1.43. The molecule has 7 heteroatoms. The van der Waals surface area contributed by atoms with Crippen molar-refractivity contribution in [2.45, 2.75) is 19.4 Å². The summed E-state index contributed by atoms with van der Waals surface area (Å²) in [5.74, 6) is 0.537. The number of carbonyl (C=O) groups excluding carboxylic acids is 1. The average Bonchev–Trinajstić information content (AvgIpc) is 3.25. The van der Waals surface area contributed by atoms with E-state index in [9.17, 15) is 4.79 Å². The van der Waals surface area contributed by atoms with Gasteiger partial charge in [-0.05, 0) is 33.0 Å². The first-order chi connectivity index (χ1) is 11.3. The van der Waals surface area contributed by atoms with Crippen molar-refractivity contribution in [3.8, 4) is 0 Å². The Morgan fingerprint density at radius 3 is 2.43 bits per heavy atom. The quantitative estimate of drug-likeness (QED) is 0.810. The van der Waals surface area contributed by atoms with Crippen LogP contribution in [0.5, 0.6) is 0 Å². The van der Waals surface area contributed by atoms with E-state index >= 15 is 0 Å². The molecule has 128 valence electrons. The largest absolute Gasteiger partial charge is 0.447 e. The number of carbonyl (C=O) groups is 1. The first-order valence-electron chi connectivity index (χ1n) is 8.59. The molecule has 2 fully saturated rings. The van der Waals surface area contributed by atoms with Gasteiger partial charge in [0.15, 0.2) is 5.69 Å². The van der Waals surface area contributed by atoms with Crippen molar-refractivity contribution < 1.29 is 9.21 Å². The molecule has 0 saturated carbocycles. The predicted octanol–water partition coefficient (Wildman–Crippen LogP) is 0.248. The van der Waals surface area contributed by atoms with E-state index in [4.69, 9.17) is 4.42 Å². The van der Waals surface area contributed by atoms with E-state index in [-0.39, 0.29) is 5.91 Å². The van der Waals surface area contributed by atoms with Crippen molar-refractivity contribution in [1.82, 2.24) is 25.0 Å². The average molecular weight is 321 g/mol.